The first-order chi connectivity index (χ1) is 10.3. The van der Waals surface area contributed by atoms with Crippen LogP contribution in [0.3, 0.4) is 0 Å². The van der Waals surface area contributed by atoms with Gasteiger partial charge in [0, 0.05) is 18.0 Å². The van der Waals surface area contributed by atoms with Crippen molar-refractivity contribution in [2.45, 2.75) is 18.9 Å². The molecule has 2 aliphatic rings. The van der Waals surface area contributed by atoms with E-state index in [4.69, 9.17) is 9.47 Å². The Balaban J connectivity index is 1.47. The fraction of sp³-hybridized carbons (Fsp3) is 0.588. The van der Waals surface area contributed by atoms with Gasteiger partial charge in [-0.2, -0.15) is 0 Å². The fourth-order valence-electron chi connectivity index (χ4n) is 3.15. The molecule has 2 fully saturated rings. The van der Waals surface area contributed by atoms with Crippen molar-refractivity contribution in [1.29, 1.82) is 0 Å². The van der Waals surface area contributed by atoms with Crippen molar-refractivity contribution in [3.8, 4) is 0 Å². The number of hydrogen-bond acceptors (Lipinski definition) is 4. The first kappa shape index (κ1) is 14.7. The minimum atomic E-state index is 0.173. The molecule has 3 rings (SSSR count). The van der Waals surface area contributed by atoms with Crippen LogP contribution in [0.2, 0.25) is 0 Å². The number of nitrogens with zero attached hydrogens (tertiary/aromatic N) is 1. The summed E-state index contributed by atoms with van der Waals surface area (Å²) in [4.78, 5) is 14.8. The van der Waals surface area contributed by atoms with E-state index in [0.717, 1.165) is 38.0 Å². The zero-order valence-corrected chi connectivity index (χ0v) is 12.4. The second-order valence-corrected chi connectivity index (χ2v) is 5.87. The van der Waals surface area contributed by atoms with Gasteiger partial charge in [-0.15, -0.1) is 0 Å². The second-order valence-electron chi connectivity index (χ2n) is 5.87. The highest BCUT2D eigenvalue weighted by atomic mass is 16.6. The topological polar surface area (TPSA) is 38.8 Å². The summed E-state index contributed by atoms with van der Waals surface area (Å²) < 4.78 is 11.1. The largest absolute Gasteiger partial charge is 0.376 e. The van der Waals surface area contributed by atoms with Crippen molar-refractivity contribution in [1.82, 2.24) is 4.90 Å². The van der Waals surface area contributed by atoms with Crippen LogP contribution in [0.1, 0.15) is 23.2 Å². The molecule has 0 bridgehead atoms. The standard InChI is InChI=1S/C17H23NO3/c19-17(14-4-2-1-3-5-14)15-6-8-18(9-7-15)12-16-13-20-10-11-21-16/h1-5,15-16H,6-13H2/t16-/m1/s1. The van der Waals surface area contributed by atoms with Crippen LogP contribution in [0.5, 0.6) is 0 Å². The molecule has 0 aliphatic carbocycles. The van der Waals surface area contributed by atoms with E-state index >= 15 is 0 Å². The molecule has 0 radical (unpaired) electrons. The number of Topliss-reactive ketones (excluding diaryl/α,β-unsaturated/α-hetero) is 1. The van der Waals surface area contributed by atoms with Crippen molar-refractivity contribution in [3.05, 3.63) is 35.9 Å². The van der Waals surface area contributed by atoms with Crippen LogP contribution >= 0.6 is 0 Å². The van der Waals surface area contributed by atoms with E-state index in [-0.39, 0.29) is 12.0 Å². The molecule has 1 aromatic rings. The van der Waals surface area contributed by atoms with Crippen molar-refractivity contribution in [3.63, 3.8) is 0 Å². The number of rotatable bonds is 4. The fourth-order valence-corrected chi connectivity index (χ4v) is 3.15. The number of carbonyl (C=O) groups is 1. The molecular weight excluding hydrogens is 266 g/mol. The number of hydrogen-bond donors (Lipinski definition) is 0. The van der Waals surface area contributed by atoms with E-state index in [1.165, 1.54) is 0 Å². The minimum absolute atomic E-state index is 0.173. The maximum Gasteiger partial charge on any atom is 0.166 e. The smallest absolute Gasteiger partial charge is 0.166 e. The Bertz CT molecular complexity index is 448. The van der Waals surface area contributed by atoms with Crippen LogP contribution < -0.4 is 0 Å². The van der Waals surface area contributed by atoms with E-state index in [1.807, 2.05) is 30.3 Å². The van der Waals surface area contributed by atoms with Gasteiger partial charge < -0.3 is 14.4 Å². The molecule has 2 saturated heterocycles. The summed E-state index contributed by atoms with van der Waals surface area (Å²) in [5.74, 6) is 0.472. The molecule has 2 aliphatic heterocycles. The summed E-state index contributed by atoms with van der Waals surface area (Å²) in [5.41, 5.74) is 0.847. The van der Waals surface area contributed by atoms with Crippen molar-refractivity contribution in [2.24, 2.45) is 5.92 Å². The summed E-state index contributed by atoms with van der Waals surface area (Å²) in [6, 6.07) is 9.65. The highest BCUT2D eigenvalue weighted by Gasteiger charge is 2.27. The number of ketones is 1. The van der Waals surface area contributed by atoms with E-state index in [0.29, 0.717) is 25.6 Å². The Labute approximate surface area is 126 Å². The summed E-state index contributed by atoms with van der Waals surface area (Å²) in [6.07, 6.45) is 2.09. The lowest BCUT2D eigenvalue weighted by Gasteiger charge is -2.34. The average Bonchev–Trinajstić information content (AvgIpc) is 2.57. The first-order valence-corrected chi connectivity index (χ1v) is 7.84. The van der Waals surface area contributed by atoms with Gasteiger partial charge >= 0.3 is 0 Å². The highest BCUT2D eigenvalue weighted by Crippen LogP contribution is 2.22. The molecular formula is C17H23NO3. The quantitative estimate of drug-likeness (QED) is 0.795. The lowest BCUT2D eigenvalue weighted by molar-refractivity contribution is -0.0990. The Hall–Kier alpha value is -1.23. The summed E-state index contributed by atoms with van der Waals surface area (Å²) >= 11 is 0. The van der Waals surface area contributed by atoms with E-state index in [9.17, 15) is 4.79 Å². The van der Waals surface area contributed by atoms with Crippen LogP contribution in [0, 0.1) is 5.92 Å². The number of piperidine rings is 1. The predicted octanol–water partition coefficient (Wildman–Crippen LogP) is 2.00. The minimum Gasteiger partial charge on any atom is -0.376 e. The van der Waals surface area contributed by atoms with Crippen LogP contribution in [0.25, 0.3) is 0 Å². The summed E-state index contributed by atoms with van der Waals surface area (Å²) in [6.45, 7) is 4.99. The van der Waals surface area contributed by atoms with Crippen LogP contribution in [0.4, 0.5) is 0 Å². The average molecular weight is 289 g/mol. The van der Waals surface area contributed by atoms with Gasteiger partial charge in [-0.05, 0) is 25.9 Å². The summed E-state index contributed by atoms with van der Waals surface area (Å²) in [7, 11) is 0. The monoisotopic (exact) mass is 289 g/mol. The Kier molecular flexibility index (Phi) is 5.01. The lowest BCUT2D eigenvalue weighted by Crippen LogP contribution is -2.44. The van der Waals surface area contributed by atoms with Gasteiger partial charge in [-0.3, -0.25) is 4.79 Å². The van der Waals surface area contributed by atoms with E-state index in [2.05, 4.69) is 4.90 Å². The molecule has 21 heavy (non-hydrogen) atoms. The third-order valence-corrected chi connectivity index (χ3v) is 4.36. The molecule has 0 N–H and O–H groups in total. The van der Waals surface area contributed by atoms with E-state index in [1.54, 1.807) is 0 Å². The number of ether oxygens (including phenoxy) is 2. The van der Waals surface area contributed by atoms with Gasteiger partial charge in [0.1, 0.15) is 0 Å². The molecule has 0 aromatic heterocycles. The molecule has 114 valence electrons. The Morgan fingerprint density at radius 1 is 1.14 bits per heavy atom. The van der Waals surface area contributed by atoms with Crippen molar-refractivity contribution < 1.29 is 14.3 Å². The van der Waals surface area contributed by atoms with Gasteiger partial charge in [0.25, 0.3) is 0 Å². The van der Waals surface area contributed by atoms with Gasteiger partial charge in [0.15, 0.2) is 5.78 Å². The van der Waals surface area contributed by atoms with Gasteiger partial charge in [0.2, 0.25) is 0 Å². The van der Waals surface area contributed by atoms with Crippen molar-refractivity contribution in [2.75, 3.05) is 39.5 Å². The molecule has 1 atom stereocenters. The van der Waals surface area contributed by atoms with Crippen LogP contribution in [0.15, 0.2) is 30.3 Å². The lowest BCUT2D eigenvalue weighted by atomic mass is 9.89. The highest BCUT2D eigenvalue weighted by molar-refractivity contribution is 5.97. The molecule has 0 amide bonds. The molecule has 2 heterocycles. The number of carbonyl (C=O) groups excluding carboxylic acids is 1. The third kappa shape index (κ3) is 3.90. The molecule has 0 saturated carbocycles. The maximum atomic E-state index is 12.4. The van der Waals surface area contributed by atoms with Gasteiger partial charge in [-0.25, -0.2) is 0 Å². The summed E-state index contributed by atoms with van der Waals surface area (Å²) in [5, 5.41) is 0. The maximum absolute atomic E-state index is 12.4. The molecule has 4 nitrogen and oxygen atoms in total. The molecule has 1 aromatic carbocycles. The second kappa shape index (κ2) is 7.16. The van der Waals surface area contributed by atoms with Gasteiger partial charge in [-0.1, -0.05) is 30.3 Å². The van der Waals surface area contributed by atoms with Crippen molar-refractivity contribution >= 4 is 5.78 Å². The zero-order valence-electron chi connectivity index (χ0n) is 12.4. The zero-order chi connectivity index (χ0) is 14.5. The Morgan fingerprint density at radius 3 is 2.57 bits per heavy atom. The normalized spacial score (nSPS) is 24.9. The predicted molar refractivity (Wildman–Crippen MR) is 80.5 cm³/mol. The van der Waals surface area contributed by atoms with E-state index < -0.39 is 0 Å². The Morgan fingerprint density at radius 2 is 1.90 bits per heavy atom. The molecule has 0 unspecified atom stereocenters. The molecule has 4 heteroatoms. The van der Waals surface area contributed by atoms with Crippen LogP contribution in [-0.2, 0) is 9.47 Å². The van der Waals surface area contributed by atoms with Crippen LogP contribution in [-0.4, -0.2) is 56.2 Å². The number of likely N-dealkylation sites (tertiary alicyclic amines) is 1. The first-order valence-electron chi connectivity index (χ1n) is 7.84. The SMILES string of the molecule is O=C(c1ccccc1)C1CCN(C[C@@H]2COCCO2)CC1. The van der Waals surface area contributed by atoms with Gasteiger partial charge in [0.05, 0.1) is 25.9 Å². The molecule has 0 spiro atoms. The third-order valence-electron chi connectivity index (χ3n) is 4.36. The number of benzene rings is 1.